The second-order valence-corrected chi connectivity index (χ2v) is 13.9. The van der Waals surface area contributed by atoms with Crippen molar-refractivity contribution in [2.24, 2.45) is 0 Å². The molecule has 0 saturated carbocycles. The quantitative estimate of drug-likeness (QED) is 0.479. The van der Waals surface area contributed by atoms with E-state index in [-0.39, 0.29) is 48.3 Å². The summed E-state index contributed by atoms with van der Waals surface area (Å²) < 4.78 is 0. The molecule has 12 heteroatoms. The highest BCUT2D eigenvalue weighted by Crippen LogP contribution is 2.35. The van der Waals surface area contributed by atoms with Crippen LogP contribution in [-0.4, -0.2) is 69.1 Å². The van der Waals surface area contributed by atoms with E-state index in [0.717, 1.165) is 20.9 Å². The number of rotatable bonds is 2. The van der Waals surface area contributed by atoms with Gasteiger partial charge in [0, 0.05) is 12.8 Å². The van der Waals surface area contributed by atoms with Gasteiger partial charge < -0.3 is 0 Å². The molecule has 0 aliphatic carbocycles. The van der Waals surface area contributed by atoms with Crippen molar-refractivity contribution < 1.29 is 38.4 Å². The molecule has 0 aromatic heterocycles. The first kappa shape index (κ1) is 32.4. The first-order valence-electron chi connectivity index (χ1n) is 15.1. The third-order valence-corrected chi connectivity index (χ3v) is 8.58. The number of amides is 8. The van der Waals surface area contributed by atoms with Crippen LogP contribution >= 0.6 is 0 Å². The van der Waals surface area contributed by atoms with E-state index in [1.54, 1.807) is 24.3 Å². The lowest BCUT2D eigenvalue weighted by molar-refractivity contribution is -0.137. The third-order valence-electron chi connectivity index (χ3n) is 8.58. The van der Waals surface area contributed by atoms with Gasteiger partial charge in [0.05, 0.1) is 22.3 Å². The van der Waals surface area contributed by atoms with Gasteiger partial charge in [-0.25, -0.2) is 0 Å². The Hall–Kier alpha value is -5.00. The van der Waals surface area contributed by atoms with Gasteiger partial charge in [0.25, 0.3) is 23.6 Å². The Morgan fingerprint density at radius 2 is 1.09 bits per heavy atom. The minimum atomic E-state index is -0.923. The number of carbonyl (C=O) groups excluding carboxylic acids is 8. The van der Waals surface area contributed by atoms with Gasteiger partial charge in [0.15, 0.2) is 0 Å². The number of fused-ring (bicyclic) bond motifs is 2. The Labute approximate surface area is 265 Å². The molecule has 240 valence electrons. The summed E-state index contributed by atoms with van der Waals surface area (Å²) in [6, 6.07) is 8.54. The first-order chi connectivity index (χ1) is 21.4. The van der Waals surface area contributed by atoms with Gasteiger partial charge in [0.2, 0.25) is 23.6 Å². The average Bonchev–Trinajstić information content (AvgIpc) is 3.37. The Balaban J connectivity index is 0.000000181. The Bertz CT molecular complexity index is 1740. The minimum Gasteiger partial charge on any atom is -0.295 e. The molecule has 0 radical (unpaired) electrons. The molecule has 4 aliphatic heterocycles. The molecular weight excluding hydrogens is 592 g/mol. The maximum atomic E-state index is 12.8. The summed E-state index contributed by atoms with van der Waals surface area (Å²) in [7, 11) is 0. The lowest BCUT2D eigenvalue weighted by Crippen LogP contribution is -2.54. The first-order valence-corrected chi connectivity index (χ1v) is 15.1. The fourth-order valence-corrected chi connectivity index (χ4v) is 6.08. The fraction of sp³-hybridized carbons (Fsp3) is 0.412. The lowest BCUT2D eigenvalue weighted by atomic mass is 9.82. The molecule has 46 heavy (non-hydrogen) atoms. The second kappa shape index (κ2) is 11.4. The van der Waals surface area contributed by atoms with Crippen molar-refractivity contribution in [1.29, 1.82) is 0 Å². The van der Waals surface area contributed by atoms with Crippen LogP contribution in [-0.2, 0) is 30.0 Å². The zero-order chi connectivity index (χ0) is 33.9. The number of hydrogen-bond acceptors (Lipinski definition) is 8. The molecule has 4 heterocycles. The standard InChI is InChI=1S/2C17H18N2O4/c1-17(2,3)9-4-5-10-11(8-9)16(23)19(15(10)22)12-6-7-13(20)18-14(12)21;1-17(2,3)10-6-4-5-9-13(10)16(23)19(15(9)22)11-7-8-12(20)18-14(11)21/h4-5,8,12H,6-7H2,1-3H3,(H,18,20,21);4-6,11H,7-8H2,1-3H3,(H,18,20,21). The zero-order valence-corrected chi connectivity index (χ0v) is 26.6. The normalized spacial score (nSPS) is 21.5. The van der Waals surface area contributed by atoms with Gasteiger partial charge in [-0.15, -0.1) is 0 Å². The van der Waals surface area contributed by atoms with Crippen LogP contribution in [0.2, 0.25) is 0 Å². The predicted molar refractivity (Wildman–Crippen MR) is 164 cm³/mol. The Morgan fingerprint density at radius 1 is 0.587 bits per heavy atom. The molecule has 0 spiro atoms. The second-order valence-electron chi connectivity index (χ2n) is 13.9. The number of carbonyl (C=O) groups is 8. The van der Waals surface area contributed by atoms with Gasteiger partial charge >= 0.3 is 0 Å². The molecule has 8 amide bonds. The Kier molecular flexibility index (Phi) is 8.04. The van der Waals surface area contributed by atoms with Crippen LogP contribution in [0.15, 0.2) is 36.4 Å². The number of nitrogens with one attached hydrogen (secondary N) is 2. The monoisotopic (exact) mass is 628 g/mol. The van der Waals surface area contributed by atoms with E-state index in [9.17, 15) is 38.4 Å². The zero-order valence-electron chi connectivity index (χ0n) is 26.6. The number of nitrogens with zero attached hydrogens (tertiary/aromatic N) is 2. The van der Waals surface area contributed by atoms with Gasteiger partial charge in [0.1, 0.15) is 12.1 Å². The highest BCUT2D eigenvalue weighted by atomic mass is 16.2. The highest BCUT2D eigenvalue weighted by Gasteiger charge is 2.47. The van der Waals surface area contributed by atoms with Gasteiger partial charge in [-0.3, -0.25) is 58.8 Å². The summed E-state index contributed by atoms with van der Waals surface area (Å²) >= 11 is 0. The maximum Gasteiger partial charge on any atom is 0.262 e. The fourth-order valence-electron chi connectivity index (χ4n) is 6.08. The van der Waals surface area contributed by atoms with Crippen LogP contribution in [0.5, 0.6) is 0 Å². The van der Waals surface area contributed by atoms with Gasteiger partial charge in [-0.2, -0.15) is 0 Å². The molecule has 2 N–H and O–H groups in total. The van der Waals surface area contributed by atoms with Crippen molar-refractivity contribution in [3.63, 3.8) is 0 Å². The molecule has 12 nitrogen and oxygen atoms in total. The molecule has 6 rings (SSSR count). The van der Waals surface area contributed by atoms with E-state index >= 15 is 0 Å². The maximum absolute atomic E-state index is 12.8. The topological polar surface area (TPSA) is 167 Å². The molecule has 2 aromatic rings. The number of imide groups is 4. The number of piperidine rings is 2. The molecule has 2 fully saturated rings. The van der Waals surface area contributed by atoms with Crippen LogP contribution in [0, 0.1) is 0 Å². The van der Waals surface area contributed by atoms with Crippen molar-refractivity contribution in [2.75, 3.05) is 0 Å². The van der Waals surface area contributed by atoms with Crippen LogP contribution in [0.25, 0.3) is 0 Å². The number of benzene rings is 2. The van der Waals surface area contributed by atoms with E-state index in [2.05, 4.69) is 10.6 Å². The summed E-state index contributed by atoms with van der Waals surface area (Å²) in [6.07, 6.45) is 0.580. The molecule has 2 unspecified atom stereocenters. The smallest absolute Gasteiger partial charge is 0.262 e. The van der Waals surface area contributed by atoms with E-state index < -0.39 is 47.5 Å². The van der Waals surface area contributed by atoms with Crippen LogP contribution in [0.4, 0.5) is 0 Å². The van der Waals surface area contributed by atoms with Crippen LogP contribution < -0.4 is 10.6 Å². The molecule has 2 saturated heterocycles. The van der Waals surface area contributed by atoms with Crippen molar-refractivity contribution in [1.82, 2.24) is 20.4 Å². The van der Waals surface area contributed by atoms with E-state index in [0.29, 0.717) is 22.3 Å². The van der Waals surface area contributed by atoms with Gasteiger partial charge in [-0.1, -0.05) is 59.7 Å². The summed E-state index contributed by atoms with van der Waals surface area (Å²) in [4.78, 5) is 99.2. The summed E-state index contributed by atoms with van der Waals surface area (Å²) in [5.41, 5.74) is 2.61. The summed E-state index contributed by atoms with van der Waals surface area (Å²) in [5, 5.41) is 4.38. The average molecular weight is 629 g/mol. The summed E-state index contributed by atoms with van der Waals surface area (Å²) in [6.45, 7) is 12.0. The number of hydrogen-bond donors (Lipinski definition) is 2. The van der Waals surface area contributed by atoms with Crippen molar-refractivity contribution in [3.05, 3.63) is 69.8 Å². The van der Waals surface area contributed by atoms with Crippen LogP contribution in [0.1, 0.15) is 120 Å². The van der Waals surface area contributed by atoms with Crippen molar-refractivity contribution in [2.45, 2.75) is 90.1 Å². The van der Waals surface area contributed by atoms with Crippen LogP contribution in [0.3, 0.4) is 0 Å². The largest absolute Gasteiger partial charge is 0.295 e. The minimum absolute atomic E-state index is 0.121. The molecule has 2 atom stereocenters. The molecule has 0 bridgehead atoms. The van der Waals surface area contributed by atoms with E-state index in [1.807, 2.05) is 53.7 Å². The molecule has 4 aliphatic rings. The molecule has 2 aromatic carbocycles. The predicted octanol–water partition coefficient (Wildman–Crippen LogP) is 2.77. The third kappa shape index (κ3) is 5.63. The van der Waals surface area contributed by atoms with Crippen molar-refractivity contribution in [3.8, 4) is 0 Å². The van der Waals surface area contributed by atoms with Gasteiger partial charge in [-0.05, 0) is 53.0 Å². The van der Waals surface area contributed by atoms with E-state index in [4.69, 9.17) is 0 Å². The highest BCUT2D eigenvalue weighted by molar-refractivity contribution is 6.24. The summed E-state index contributed by atoms with van der Waals surface area (Å²) in [5.74, 6) is -3.79. The SMILES string of the molecule is CC(C)(C)c1ccc2c(c1)C(=O)N(C1CCC(=O)NC1=O)C2=O.CC(C)(C)c1cccc2c1C(=O)N(C1CCC(=O)NC1=O)C2=O. The van der Waals surface area contributed by atoms with E-state index in [1.165, 1.54) is 0 Å². The lowest BCUT2D eigenvalue weighted by Gasteiger charge is -2.28. The molecular formula is C34H36N4O8. The Morgan fingerprint density at radius 3 is 1.59 bits per heavy atom. The van der Waals surface area contributed by atoms with Crippen molar-refractivity contribution >= 4 is 47.3 Å².